The van der Waals surface area contributed by atoms with Crippen LogP contribution in [0.5, 0.6) is 0 Å². The van der Waals surface area contributed by atoms with Crippen molar-refractivity contribution in [2.75, 3.05) is 39.3 Å². The summed E-state index contributed by atoms with van der Waals surface area (Å²) in [5.74, 6) is 0. The molecule has 0 aromatic heterocycles. The molecule has 1 saturated heterocycles. The maximum atomic E-state index is 2.75. The lowest BCUT2D eigenvalue weighted by atomic mass is 10.00. The Labute approximate surface area is 226 Å². The van der Waals surface area contributed by atoms with Gasteiger partial charge in [-0.2, -0.15) is 0 Å². The van der Waals surface area contributed by atoms with Gasteiger partial charge in [-0.25, -0.2) is 0 Å². The Morgan fingerprint density at radius 1 is 0.333 bits per heavy atom. The molecule has 2 atom stereocenters. The van der Waals surface area contributed by atoms with Gasteiger partial charge in [-0.05, 0) is 64.5 Å². The van der Waals surface area contributed by atoms with Crippen LogP contribution in [0.3, 0.4) is 0 Å². The lowest BCUT2D eigenvalue weighted by Gasteiger charge is -2.27. The first-order valence-corrected chi connectivity index (χ1v) is 16.7. The van der Waals surface area contributed by atoms with E-state index >= 15 is 0 Å². The summed E-state index contributed by atoms with van der Waals surface area (Å²) < 4.78 is 0. The molecule has 0 aliphatic carbocycles. The van der Waals surface area contributed by atoms with Crippen LogP contribution in [0.1, 0.15) is 154 Å². The zero-order chi connectivity index (χ0) is 24.9. The van der Waals surface area contributed by atoms with Gasteiger partial charge in [0, 0.05) is 26.2 Å². The Morgan fingerprint density at radius 2 is 0.639 bits per heavy atom. The van der Waals surface area contributed by atoms with Crippen molar-refractivity contribution in [2.24, 2.45) is 0 Å². The van der Waals surface area contributed by atoms with Gasteiger partial charge in [-0.1, -0.05) is 126 Å². The molecule has 4 bridgehead atoms. The van der Waals surface area contributed by atoms with Gasteiger partial charge in [0.05, 0.1) is 0 Å². The maximum Gasteiger partial charge on any atom is 0.0192 e. The summed E-state index contributed by atoms with van der Waals surface area (Å²) in [5, 5.41) is 0. The minimum atomic E-state index is 1.27. The first kappa shape index (κ1) is 29.9. The van der Waals surface area contributed by atoms with E-state index in [1.807, 2.05) is 0 Å². The number of hydrogen-bond donors (Lipinski definition) is 0. The number of fused-ring (bicyclic) bond motifs is 4. The lowest BCUT2D eigenvalue weighted by Crippen LogP contribution is -2.31. The van der Waals surface area contributed by atoms with E-state index in [0.717, 1.165) is 0 Å². The molecule has 1 fully saturated rings. The SMILES string of the molecule is C1=C2CCCCCCCCCCCCN3CCC=C(CCCCCCCCCCCCN(CC1)C2)C3. The predicted octanol–water partition coefficient (Wildman–Crippen LogP) is 9.85. The van der Waals surface area contributed by atoms with Crippen molar-refractivity contribution >= 4 is 0 Å². The fraction of sp³-hybridized carbons (Fsp3) is 0.882. The summed E-state index contributed by atoms with van der Waals surface area (Å²) in [6.07, 6.45) is 39.5. The Bertz CT molecular complexity index is 540. The molecule has 3 aliphatic rings. The van der Waals surface area contributed by atoms with Crippen LogP contribution in [0.2, 0.25) is 0 Å². The van der Waals surface area contributed by atoms with Gasteiger partial charge in [0.1, 0.15) is 0 Å². The molecule has 0 radical (unpaired) electrons. The summed E-state index contributed by atoms with van der Waals surface area (Å²) in [6.45, 7) is 7.83. The molecule has 36 heavy (non-hydrogen) atoms. The third-order valence-electron chi connectivity index (χ3n) is 9.05. The molecule has 3 rings (SSSR count). The first-order valence-electron chi connectivity index (χ1n) is 16.7. The van der Waals surface area contributed by atoms with Gasteiger partial charge in [0.2, 0.25) is 0 Å². The highest BCUT2D eigenvalue weighted by atomic mass is 15.1. The third-order valence-corrected chi connectivity index (χ3v) is 9.05. The largest absolute Gasteiger partial charge is 0.299 e. The monoisotopic (exact) mass is 498 g/mol. The lowest BCUT2D eigenvalue weighted by molar-refractivity contribution is 0.278. The quantitative estimate of drug-likeness (QED) is 0.307. The minimum Gasteiger partial charge on any atom is -0.299 e. The van der Waals surface area contributed by atoms with Gasteiger partial charge in [0.15, 0.2) is 0 Å². The maximum absolute atomic E-state index is 2.75. The smallest absolute Gasteiger partial charge is 0.0192 e. The van der Waals surface area contributed by atoms with E-state index in [1.165, 1.54) is 193 Å². The Hall–Kier alpha value is -0.600. The predicted molar refractivity (Wildman–Crippen MR) is 160 cm³/mol. The standard InChI is InChI=1S/C34H62N2/c1-3-7-11-15-19-27-35-29-22-26-34(32-35)24-18-14-10-6-2-4-8-12-16-20-28-36-30-21-25-33(31-36)23-17-13-9-5-1/h25-26H,1-24,27-32H2. The van der Waals surface area contributed by atoms with E-state index in [0.29, 0.717) is 0 Å². The highest BCUT2D eigenvalue weighted by Crippen LogP contribution is 2.20. The van der Waals surface area contributed by atoms with Crippen molar-refractivity contribution in [3.05, 3.63) is 23.3 Å². The molecule has 208 valence electrons. The normalized spacial score (nSPS) is 28.9. The number of hydrogen-bond acceptors (Lipinski definition) is 2. The van der Waals surface area contributed by atoms with Crippen LogP contribution in [0.15, 0.2) is 23.3 Å². The van der Waals surface area contributed by atoms with E-state index in [4.69, 9.17) is 0 Å². The highest BCUT2D eigenvalue weighted by molar-refractivity contribution is 5.08. The molecular formula is C34H62N2. The van der Waals surface area contributed by atoms with Gasteiger partial charge < -0.3 is 0 Å². The third kappa shape index (κ3) is 14.4. The minimum absolute atomic E-state index is 1.27. The van der Waals surface area contributed by atoms with Crippen LogP contribution < -0.4 is 0 Å². The second-order valence-electron chi connectivity index (χ2n) is 12.4. The van der Waals surface area contributed by atoms with Crippen molar-refractivity contribution in [3.63, 3.8) is 0 Å². The molecule has 0 amide bonds. The Morgan fingerprint density at radius 3 is 1.00 bits per heavy atom. The topological polar surface area (TPSA) is 6.48 Å². The van der Waals surface area contributed by atoms with Crippen LogP contribution in [-0.2, 0) is 0 Å². The van der Waals surface area contributed by atoms with Crippen LogP contribution in [0.4, 0.5) is 0 Å². The van der Waals surface area contributed by atoms with E-state index < -0.39 is 0 Å². The Kier molecular flexibility index (Phi) is 16.9. The van der Waals surface area contributed by atoms with Crippen molar-refractivity contribution in [2.45, 2.75) is 154 Å². The zero-order valence-corrected chi connectivity index (χ0v) is 24.3. The molecule has 2 nitrogen and oxygen atoms in total. The molecule has 0 aromatic carbocycles. The van der Waals surface area contributed by atoms with Crippen LogP contribution in [-0.4, -0.2) is 49.1 Å². The van der Waals surface area contributed by atoms with Gasteiger partial charge in [0.25, 0.3) is 0 Å². The molecule has 3 heterocycles. The van der Waals surface area contributed by atoms with Crippen molar-refractivity contribution < 1.29 is 0 Å². The molecule has 2 unspecified atom stereocenters. The van der Waals surface area contributed by atoms with Crippen molar-refractivity contribution in [3.8, 4) is 0 Å². The molecule has 2 heteroatoms. The summed E-state index contributed by atoms with van der Waals surface area (Å²) in [7, 11) is 0. The summed E-state index contributed by atoms with van der Waals surface area (Å²) >= 11 is 0. The second-order valence-corrected chi connectivity index (χ2v) is 12.4. The molecule has 0 saturated carbocycles. The summed E-state index contributed by atoms with van der Waals surface area (Å²) in [4.78, 5) is 5.49. The number of rotatable bonds is 0. The molecular weight excluding hydrogens is 436 g/mol. The summed E-state index contributed by atoms with van der Waals surface area (Å²) in [5.41, 5.74) is 3.50. The van der Waals surface area contributed by atoms with Gasteiger partial charge in [-0.15, -0.1) is 0 Å². The molecule has 0 N–H and O–H groups in total. The average Bonchev–Trinajstić information content (AvgIpc) is 2.90. The van der Waals surface area contributed by atoms with E-state index in [1.54, 1.807) is 11.1 Å². The fourth-order valence-corrected chi connectivity index (χ4v) is 6.71. The van der Waals surface area contributed by atoms with Gasteiger partial charge in [-0.3, -0.25) is 9.80 Å². The van der Waals surface area contributed by atoms with Gasteiger partial charge >= 0.3 is 0 Å². The van der Waals surface area contributed by atoms with E-state index in [-0.39, 0.29) is 0 Å². The summed E-state index contributed by atoms with van der Waals surface area (Å²) in [6, 6.07) is 0. The average molecular weight is 499 g/mol. The fourth-order valence-electron chi connectivity index (χ4n) is 6.71. The Balaban J connectivity index is 1.30. The van der Waals surface area contributed by atoms with Crippen molar-refractivity contribution in [1.82, 2.24) is 9.80 Å². The van der Waals surface area contributed by atoms with E-state index in [2.05, 4.69) is 22.0 Å². The molecule has 3 aliphatic heterocycles. The van der Waals surface area contributed by atoms with Crippen LogP contribution >= 0.6 is 0 Å². The van der Waals surface area contributed by atoms with E-state index in [9.17, 15) is 0 Å². The zero-order valence-electron chi connectivity index (χ0n) is 24.3. The molecule has 0 spiro atoms. The molecule has 0 aromatic rings. The van der Waals surface area contributed by atoms with Crippen molar-refractivity contribution in [1.29, 1.82) is 0 Å². The van der Waals surface area contributed by atoms with Crippen LogP contribution in [0, 0.1) is 0 Å². The second kappa shape index (κ2) is 20.4. The first-order chi connectivity index (χ1) is 17.9. The number of nitrogens with zero attached hydrogens (tertiary/aromatic N) is 2. The van der Waals surface area contributed by atoms with Crippen LogP contribution in [0.25, 0.3) is 0 Å². The highest BCUT2D eigenvalue weighted by Gasteiger charge is 2.13.